The number of likely N-dealkylation sites (N-methyl/N-ethyl adjacent to an activating group) is 1. The van der Waals surface area contributed by atoms with Crippen LogP contribution in [0.15, 0.2) is 64.0 Å². The second-order valence-electron chi connectivity index (χ2n) is 7.12. The Morgan fingerprint density at radius 3 is 2.56 bits per heavy atom. The summed E-state index contributed by atoms with van der Waals surface area (Å²) in [6.07, 6.45) is 1.71. The van der Waals surface area contributed by atoms with Gasteiger partial charge in [-0.3, -0.25) is 14.5 Å². The SMILES string of the molecule is CCOc1cc(/C=C2/SC(=O)N(CC)C2=O)cc(Br)c1OCc1cccc2ccccc12. The van der Waals surface area contributed by atoms with Gasteiger partial charge in [0.2, 0.25) is 0 Å². The molecule has 0 bridgehead atoms. The van der Waals surface area contributed by atoms with Crippen molar-refractivity contribution in [3.63, 3.8) is 0 Å². The average Bonchev–Trinajstić information content (AvgIpc) is 3.05. The van der Waals surface area contributed by atoms with Crippen molar-refractivity contribution in [2.75, 3.05) is 13.2 Å². The van der Waals surface area contributed by atoms with Gasteiger partial charge in [-0.25, -0.2) is 0 Å². The van der Waals surface area contributed by atoms with E-state index in [1.54, 1.807) is 13.0 Å². The van der Waals surface area contributed by atoms with E-state index in [1.807, 2.05) is 37.3 Å². The molecule has 1 aliphatic heterocycles. The molecule has 32 heavy (non-hydrogen) atoms. The highest BCUT2D eigenvalue weighted by atomic mass is 79.9. The van der Waals surface area contributed by atoms with Gasteiger partial charge in [0, 0.05) is 6.54 Å². The highest BCUT2D eigenvalue weighted by Gasteiger charge is 2.33. The first-order chi connectivity index (χ1) is 15.5. The summed E-state index contributed by atoms with van der Waals surface area (Å²) < 4.78 is 12.7. The Morgan fingerprint density at radius 2 is 1.81 bits per heavy atom. The molecule has 0 saturated carbocycles. The number of rotatable bonds is 7. The number of fused-ring (bicyclic) bond motifs is 1. The molecular formula is C25H22BrNO4S. The van der Waals surface area contributed by atoms with E-state index in [9.17, 15) is 9.59 Å². The van der Waals surface area contributed by atoms with Gasteiger partial charge in [0.15, 0.2) is 11.5 Å². The topological polar surface area (TPSA) is 55.8 Å². The number of thioether (sulfide) groups is 1. The molecule has 0 aromatic heterocycles. The number of hydrogen-bond donors (Lipinski definition) is 0. The van der Waals surface area contributed by atoms with Crippen molar-refractivity contribution in [3.8, 4) is 11.5 Å². The van der Waals surface area contributed by atoms with Gasteiger partial charge >= 0.3 is 0 Å². The Bertz CT molecular complexity index is 1220. The molecule has 0 atom stereocenters. The summed E-state index contributed by atoms with van der Waals surface area (Å²) >= 11 is 4.54. The lowest BCUT2D eigenvalue weighted by atomic mass is 10.1. The van der Waals surface area contributed by atoms with Crippen molar-refractivity contribution in [1.29, 1.82) is 0 Å². The lowest BCUT2D eigenvalue weighted by Crippen LogP contribution is -2.27. The smallest absolute Gasteiger partial charge is 0.293 e. The normalized spacial score (nSPS) is 15.1. The molecule has 7 heteroatoms. The van der Waals surface area contributed by atoms with Crippen LogP contribution in [-0.4, -0.2) is 29.2 Å². The maximum Gasteiger partial charge on any atom is 0.293 e. The Hall–Kier alpha value is -2.77. The van der Waals surface area contributed by atoms with Crippen LogP contribution in [0.25, 0.3) is 16.8 Å². The monoisotopic (exact) mass is 511 g/mol. The van der Waals surface area contributed by atoms with Crippen LogP contribution in [-0.2, 0) is 11.4 Å². The zero-order valence-corrected chi connectivity index (χ0v) is 20.2. The van der Waals surface area contributed by atoms with Crippen LogP contribution in [0, 0.1) is 0 Å². The molecule has 0 radical (unpaired) electrons. The molecule has 1 fully saturated rings. The van der Waals surface area contributed by atoms with E-state index in [2.05, 4.69) is 40.2 Å². The van der Waals surface area contributed by atoms with Crippen LogP contribution >= 0.6 is 27.7 Å². The van der Waals surface area contributed by atoms with Gasteiger partial charge in [-0.05, 0) is 81.6 Å². The molecule has 0 N–H and O–H groups in total. The number of nitrogens with zero attached hydrogens (tertiary/aromatic N) is 1. The van der Waals surface area contributed by atoms with E-state index in [1.165, 1.54) is 4.90 Å². The van der Waals surface area contributed by atoms with Gasteiger partial charge in [-0.1, -0.05) is 42.5 Å². The number of amides is 2. The number of ether oxygens (including phenoxy) is 2. The van der Waals surface area contributed by atoms with E-state index < -0.39 is 0 Å². The number of hydrogen-bond acceptors (Lipinski definition) is 5. The fourth-order valence-corrected chi connectivity index (χ4v) is 5.04. The van der Waals surface area contributed by atoms with Gasteiger partial charge in [0.1, 0.15) is 6.61 Å². The summed E-state index contributed by atoms with van der Waals surface area (Å²) in [6.45, 7) is 4.89. The molecule has 2 amide bonds. The second-order valence-corrected chi connectivity index (χ2v) is 8.96. The van der Waals surface area contributed by atoms with E-state index in [0.717, 1.165) is 33.7 Å². The van der Waals surface area contributed by atoms with Gasteiger partial charge in [-0.2, -0.15) is 0 Å². The molecule has 1 heterocycles. The highest BCUT2D eigenvalue weighted by molar-refractivity contribution is 9.10. The molecule has 1 saturated heterocycles. The molecule has 0 unspecified atom stereocenters. The van der Waals surface area contributed by atoms with Crippen molar-refractivity contribution < 1.29 is 19.1 Å². The first-order valence-electron chi connectivity index (χ1n) is 10.3. The zero-order valence-electron chi connectivity index (χ0n) is 17.8. The van der Waals surface area contributed by atoms with Crippen LogP contribution in [0.5, 0.6) is 11.5 Å². The minimum Gasteiger partial charge on any atom is -0.490 e. The predicted molar refractivity (Wildman–Crippen MR) is 132 cm³/mol. The molecule has 1 aliphatic rings. The van der Waals surface area contributed by atoms with E-state index in [0.29, 0.717) is 40.6 Å². The third-order valence-electron chi connectivity index (χ3n) is 5.07. The number of halogens is 1. The number of carbonyl (C=O) groups excluding carboxylic acids is 2. The van der Waals surface area contributed by atoms with Crippen molar-refractivity contribution in [3.05, 3.63) is 75.1 Å². The van der Waals surface area contributed by atoms with Crippen LogP contribution < -0.4 is 9.47 Å². The Balaban J connectivity index is 1.63. The Morgan fingerprint density at radius 1 is 1.03 bits per heavy atom. The third-order valence-corrected chi connectivity index (χ3v) is 6.57. The lowest BCUT2D eigenvalue weighted by molar-refractivity contribution is -0.122. The van der Waals surface area contributed by atoms with E-state index >= 15 is 0 Å². The van der Waals surface area contributed by atoms with Crippen molar-refractivity contribution in [2.45, 2.75) is 20.5 Å². The van der Waals surface area contributed by atoms with Crippen LogP contribution in [0.3, 0.4) is 0 Å². The largest absolute Gasteiger partial charge is 0.490 e. The molecule has 5 nitrogen and oxygen atoms in total. The second kappa shape index (κ2) is 9.79. The predicted octanol–water partition coefficient (Wildman–Crippen LogP) is 6.64. The zero-order chi connectivity index (χ0) is 22.7. The fourth-order valence-electron chi connectivity index (χ4n) is 3.57. The maximum absolute atomic E-state index is 12.4. The lowest BCUT2D eigenvalue weighted by Gasteiger charge is -2.16. The molecule has 164 valence electrons. The van der Waals surface area contributed by atoms with Crippen LogP contribution in [0.1, 0.15) is 25.0 Å². The van der Waals surface area contributed by atoms with Crippen molar-refractivity contribution in [1.82, 2.24) is 4.90 Å². The standard InChI is InChI=1S/C25H22BrNO4S/c1-3-27-24(28)22(32-25(27)29)14-16-12-20(26)23(21(13-16)30-4-2)31-15-18-10-7-9-17-8-5-6-11-19(17)18/h5-14H,3-4,15H2,1-2H3/b22-14+. The molecule has 3 aromatic rings. The Labute approximate surface area is 199 Å². The van der Waals surface area contributed by atoms with Gasteiger partial charge in [-0.15, -0.1) is 0 Å². The first-order valence-corrected chi connectivity index (χ1v) is 11.9. The summed E-state index contributed by atoms with van der Waals surface area (Å²) in [4.78, 5) is 26.1. The summed E-state index contributed by atoms with van der Waals surface area (Å²) in [5.41, 5.74) is 1.83. The average molecular weight is 512 g/mol. The number of benzene rings is 3. The molecule has 4 rings (SSSR count). The summed E-state index contributed by atoms with van der Waals surface area (Å²) in [5.74, 6) is 0.898. The third kappa shape index (κ3) is 4.54. The molecular weight excluding hydrogens is 490 g/mol. The summed E-state index contributed by atoms with van der Waals surface area (Å²) in [6, 6.07) is 18.0. The van der Waals surface area contributed by atoms with Crippen molar-refractivity contribution in [2.24, 2.45) is 0 Å². The summed E-state index contributed by atoms with van der Waals surface area (Å²) in [7, 11) is 0. The fraction of sp³-hybridized carbons (Fsp3) is 0.200. The minimum absolute atomic E-state index is 0.247. The first kappa shape index (κ1) is 22.4. The Kier molecular flexibility index (Phi) is 6.86. The van der Waals surface area contributed by atoms with Gasteiger partial charge in [0.25, 0.3) is 11.1 Å². The summed E-state index contributed by atoms with van der Waals surface area (Å²) in [5, 5.41) is 2.06. The quantitative estimate of drug-likeness (QED) is 0.333. The molecule has 0 spiro atoms. The van der Waals surface area contributed by atoms with Crippen LogP contribution in [0.2, 0.25) is 0 Å². The number of carbonyl (C=O) groups is 2. The number of imide groups is 1. The molecule has 0 aliphatic carbocycles. The van der Waals surface area contributed by atoms with Gasteiger partial charge in [0.05, 0.1) is 16.0 Å². The van der Waals surface area contributed by atoms with E-state index in [-0.39, 0.29) is 11.1 Å². The van der Waals surface area contributed by atoms with Crippen LogP contribution in [0.4, 0.5) is 4.79 Å². The van der Waals surface area contributed by atoms with Crippen molar-refractivity contribution >= 4 is 55.7 Å². The van der Waals surface area contributed by atoms with E-state index in [4.69, 9.17) is 9.47 Å². The molecule has 3 aromatic carbocycles. The maximum atomic E-state index is 12.4. The van der Waals surface area contributed by atoms with Gasteiger partial charge < -0.3 is 9.47 Å². The highest BCUT2D eigenvalue weighted by Crippen LogP contribution is 2.40. The minimum atomic E-state index is -0.270.